The fraction of sp³-hybridized carbons (Fsp3) is 0.625. The molecule has 6 heteroatoms. The van der Waals surface area contributed by atoms with Gasteiger partial charge in [0.25, 0.3) is 0 Å². The smallest absolute Gasteiger partial charge is 0.248 e. The summed E-state index contributed by atoms with van der Waals surface area (Å²) in [5.41, 5.74) is 0. The SMILES string of the molecule is CCCCCOCC(=O)N1CCN(c2ccc(F)cn2)CC1. The lowest BCUT2D eigenvalue weighted by molar-refractivity contribution is -0.136. The molecule has 0 unspecified atom stereocenters. The van der Waals surface area contributed by atoms with Gasteiger partial charge in [0.15, 0.2) is 0 Å². The van der Waals surface area contributed by atoms with Gasteiger partial charge < -0.3 is 14.5 Å². The third-order valence-corrected chi connectivity index (χ3v) is 3.79. The zero-order valence-electron chi connectivity index (χ0n) is 13.1. The molecule has 1 aliphatic heterocycles. The zero-order valence-corrected chi connectivity index (χ0v) is 13.1. The van der Waals surface area contributed by atoms with E-state index in [0.29, 0.717) is 32.8 Å². The van der Waals surface area contributed by atoms with Crippen LogP contribution in [0, 0.1) is 5.82 Å². The van der Waals surface area contributed by atoms with Crippen molar-refractivity contribution in [2.75, 3.05) is 44.3 Å². The Kier molecular flexibility index (Phi) is 6.58. The molecule has 1 aliphatic rings. The molecule has 0 saturated carbocycles. The van der Waals surface area contributed by atoms with Gasteiger partial charge in [-0.2, -0.15) is 0 Å². The summed E-state index contributed by atoms with van der Waals surface area (Å²) in [7, 11) is 0. The number of hydrogen-bond donors (Lipinski definition) is 0. The second-order valence-corrected chi connectivity index (χ2v) is 5.46. The number of halogens is 1. The van der Waals surface area contributed by atoms with Gasteiger partial charge in [0.05, 0.1) is 6.20 Å². The summed E-state index contributed by atoms with van der Waals surface area (Å²) in [5.74, 6) is 0.463. The van der Waals surface area contributed by atoms with Crippen LogP contribution in [0.25, 0.3) is 0 Å². The van der Waals surface area contributed by atoms with E-state index in [1.165, 1.54) is 12.3 Å². The van der Waals surface area contributed by atoms with Gasteiger partial charge in [-0.15, -0.1) is 0 Å². The molecule has 1 amide bonds. The molecule has 0 atom stereocenters. The second-order valence-electron chi connectivity index (χ2n) is 5.46. The van der Waals surface area contributed by atoms with Crippen molar-refractivity contribution in [3.63, 3.8) is 0 Å². The summed E-state index contributed by atoms with van der Waals surface area (Å²) in [4.78, 5) is 20.0. The number of carbonyl (C=O) groups is 1. The van der Waals surface area contributed by atoms with Crippen LogP contribution in [0.2, 0.25) is 0 Å². The van der Waals surface area contributed by atoms with Crippen LogP contribution in [0.4, 0.5) is 10.2 Å². The topological polar surface area (TPSA) is 45.7 Å². The normalized spacial score (nSPS) is 15.2. The first-order valence-electron chi connectivity index (χ1n) is 7.92. The van der Waals surface area contributed by atoms with Crippen molar-refractivity contribution in [1.82, 2.24) is 9.88 Å². The van der Waals surface area contributed by atoms with Crippen molar-refractivity contribution in [3.8, 4) is 0 Å². The van der Waals surface area contributed by atoms with Crippen LogP contribution in [-0.2, 0) is 9.53 Å². The average molecular weight is 309 g/mol. The first-order chi connectivity index (χ1) is 10.7. The number of hydrogen-bond acceptors (Lipinski definition) is 4. The van der Waals surface area contributed by atoms with E-state index in [-0.39, 0.29) is 18.3 Å². The Balaban J connectivity index is 1.70. The Hall–Kier alpha value is -1.69. The molecule has 22 heavy (non-hydrogen) atoms. The number of anilines is 1. The summed E-state index contributed by atoms with van der Waals surface area (Å²) in [6.07, 6.45) is 4.51. The summed E-state index contributed by atoms with van der Waals surface area (Å²) >= 11 is 0. The number of ether oxygens (including phenoxy) is 1. The molecule has 1 fully saturated rings. The third kappa shape index (κ3) is 4.94. The van der Waals surface area contributed by atoms with Crippen LogP contribution >= 0.6 is 0 Å². The monoisotopic (exact) mass is 309 g/mol. The largest absolute Gasteiger partial charge is 0.372 e. The minimum Gasteiger partial charge on any atom is -0.372 e. The van der Waals surface area contributed by atoms with E-state index in [1.807, 2.05) is 4.90 Å². The minimum absolute atomic E-state index is 0.0446. The van der Waals surface area contributed by atoms with E-state index in [1.54, 1.807) is 6.07 Å². The molecule has 1 aromatic rings. The van der Waals surface area contributed by atoms with E-state index in [0.717, 1.165) is 25.1 Å². The minimum atomic E-state index is -0.335. The van der Waals surface area contributed by atoms with Crippen molar-refractivity contribution in [2.45, 2.75) is 26.2 Å². The fourth-order valence-corrected chi connectivity index (χ4v) is 2.44. The highest BCUT2D eigenvalue weighted by molar-refractivity contribution is 5.77. The molecule has 1 aromatic heterocycles. The number of rotatable bonds is 7. The maximum absolute atomic E-state index is 12.9. The number of nitrogens with zero attached hydrogens (tertiary/aromatic N) is 3. The Labute approximate surface area is 131 Å². The average Bonchev–Trinajstić information content (AvgIpc) is 2.55. The van der Waals surface area contributed by atoms with Crippen LogP contribution in [0.3, 0.4) is 0 Å². The van der Waals surface area contributed by atoms with Gasteiger partial charge >= 0.3 is 0 Å². The van der Waals surface area contributed by atoms with E-state index in [4.69, 9.17) is 4.74 Å². The molecule has 0 N–H and O–H groups in total. The predicted octanol–water partition coefficient (Wildman–Crippen LogP) is 2.08. The molecular weight excluding hydrogens is 285 g/mol. The molecule has 0 aromatic carbocycles. The number of aromatic nitrogens is 1. The molecular formula is C16H24FN3O2. The highest BCUT2D eigenvalue weighted by atomic mass is 19.1. The first kappa shape index (κ1) is 16.7. The van der Waals surface area contributed by atoms with Crippen molar-refractivity contribution in [3.05, 3.63) is 24.1 Å². The van der Waals surface area contributed by atoms with Gasteiger partial charge in [-0.25, -0.2) is 9.37 Å². The number of carbonyl (C=O) groups excluding carboxylic acids is 1. The molecule has 0 spiro atoms. The lowest BCUT2D eigenvalue weighted by Gasteiger charge is -2.35. The Morgan fingerprint density at radius 3 is 2.68 bits per heavy atom. The molecule has 1 saturated heterocycles. The lowest BCUT2D eigenvalue weighted by Crippen LogP contribution is -2.50. The number of amides is 1. The van der Waals surface area contributed by atoms with E-state index in [9.17, 15) is 9.18 Å². The lowest BCUT2D eigenvalue weighted by atomic mass is 10.3. The van der Waals surface area contributed by atoms with Crippen molar-refractivity contribution in [1.29, 1.82) is 0 Å². The number of piperazine rings is 1. The summed E-state index contributed by atoms with van der Waals surface area (Å²) in [6.45, 7) is 5.67. The van der Waals surface area contributed by atoms with Crippen LogP contribution in [0.5, 0.6) is 0 Å². The maximum atomic E-state index is 12.9. The third-order valence-electron chi connectivity index (χ3n) is 3.79. The van der Waals surface area contributed by atoms with Gasteiger partial charge in [-0.05, 0) is 18.6 Å². The number of pyridine rings is 1. The van der Waals surface area contributed by atoms with Crippen LogP contribution in [0.15, 0.2) is 18.3 Å². The van der Waals surface area contributed by atoms with Gasteiger partial charge in [-0.3, -0.25) is 4.79 Å². The van der Waals surface area contributed by atoms with E-state index >= 15 is 0 Å². The standard InChI is InChI=1S/C16H24FN3O2/c1-2-3-4-11-22-13-16(21)20-9-7-19(8-10-20)15-6-5-14(17)12-18-15/h5-6,12H,2-4,7-11,13H2,1H3. The van der Waals surface area contributed by atoms with Crippen LogP contribution in [0.1, 0.15) is 26.2 Å². The first-order valence-corrected chi connectivity index (χ1v) is 7.92. The molecule has 122 valence electrons. The predicted molar refractivity (Wildman–Crippen MR) is 83.3 cm³/mol. The van der Waals surface area contributed by atoms with Gasteiger partial charge in [0, 0.05) is 32.8 Å². The summed E-state index contributed by atoms with van der Waals surface area (Å²) in [6, 6.07) is 3.08. The van der Waals surface area contributed by atoms with Crippen molar-refractivity contribution in [2.24, 2.45) is 0 Å². The summed E-state index contributed by atoms with van der Waals surface area (Å²) in [5, 5.41) is 0. The van der Waals surface area contributed by atoms with Gasteiger partial charge in [0.1, 0.15) is 18.2 Å². The van der Waals surface area contributed by atoms with Crippen LogP contribution in [-0.4, -0.2) is 55.2 Å². The van der Waals surface area contributed by atoms with E-state index in [2.05, 4.69) is 16.8 Å². The molecule has 0 radical (unpaired) electrons. The second kappa shape index (κ2) is 8.68. The molecule has 2 rings (SSSR count). The Morgan fingerprint density at radius 1 is 1.27 bits per heavy atom. The maximum Gasteiger partial charge on any atom is 0.248 e. The zero-order chi connectivity index (χ0) is 15.8. The van der Waals surface area contributed by atoms with Gasteiger partial charge in [0.2, 0.25) is 5.91 Å². The Bertz CT molecular complexity index is 459. The molecule has 0 bridgehead atoms. The highest BCUT2D eigenvalue weighted by Crippen LogP contribution is 2.13. The van der Waals surface area contributed by atoms with Crippen LogP contribution < -0.4 is 4.90 Å². The molecule has 5 nitrogen and oxygen atoms in total. The molecule has 2 heterocycles. The molecule has 0 aliphatic carbocycles. The fourth-order valence-electron chi connectivity index (χ4n) is 2.44. The van der Waals surface area contributed by atoms with E-state index < -0.39 is 0 Å². The van der Waals surface area contributed by atoms with Crippen molar-refractivity contribution < 1.29 is 13.9 Å². The number of unbranched alkanes of at least 4 members (excludes halogenated alkanes) is 2. The quantitative estimate of drug-likeness (QED) is 0.724. The highest BCUT2D eigenvalue weighted by Gasteiger charge is 2.21. The van der Waals surface area contributed by atoms with Gasteiger partial charge in [-0.1, -0.05) is 19.8 Å². The van der Waals surface area contributed by atoms with Crippen molar-refractivity contribution >= 4 is 11.7 Å². The Morgan fingerprint density at radius 2 is 2.05 bits per heavy atom. The summed E-state index contributed by atoms with van der Waals surface area (Å²) < 4.78 is 18.3.